The van der Waals surface area contributed by atoms with Gasteiger partial charge in [0.25, 0.3) is 0 Å². The van der Waals surface area contributed by atoms with Crippen LogP contribution >= 0.6 is 11.6 Å². The fourth-order valence-corrected chi connectivity index (χ4v) is 3.08. The molecule has 11 heteroatoms. The SMILES string of the molecule is O=C1CC(CS(=O)(=O)F)CN1c1ncc(Cl)cc1[N+](=O)[O-]. The molecule has 1 aromatic heterocycles. The fourth-order valence-electron chi connectivity index (χ4n) is 2.14. The maximum Gasteiger partial charge on any atom is 0.313 e. The second kappa shape index (κ2) is 5.53. The van der Waals surface area contributed by atoms with Gasteiger partial charge >= 0.3 is 15.9 Å². The van der Waals surface area contributed by atoms with Gasteiger partial charge in [0.15, 0.2) is 0 Å². The van der Waals surface area contributed by atoms with Crippen molar-refractivity contribution >= 4 is 39.2 Å². The van der Waals surface area contributed by atoms with Crippen LogP contribution in [0.3, 0.4) is 0 Å². The minimum absolute atomic E-state index is 0.0278. The molecule has 0 saturated carbocycles. The zero-order valence-corrected chi connectivity index (χ0v) is 12.0. The number of aromatic nitrogens is 1. The summed E-state index contributed by atoms with van der Waals surface area (Å²) in [5.74, 6) is -2.37. The fraction of sp³-hybridized carbons (Fsp3) is 0.400. The minimum atomic E-state index is -4.72. The van der Waals surface area contributed by atoms with Gasteiger partial charge < -0.3 is 0 Å². The zero-order chi connectivity index (χ0) is 15.8. The maximum atomic E-state index is 12.7. The molecule has 2 heterocycles. The third kappa shape index (κ3) is 3.64. The van der Waals surface area contributed by atoms with Crippen molar-refractivity contribution in [3.05, 3.63) is 27.4 Å². The number of hydrogen-bond donors (Lipinski definition) is 0. The third-order valence-corrected chi connectivity index (χ3v) is 3.98. The predicted octanol–water partition coefficient (Wildman–Crippen LogP) is 1.30. The molecule has 1 aromatic rings. The second-order valence-corrected chi connectivity index (χ2v) is 6.38. The molecule has 0 aliphatic carbocycles. The van der Waals surface area contributed by atoms with E-state index in [-0.39, 0.29) is 23.8 Å². The highest BCUT2D eigenvalue weighted by molar-refractivity contribution is 7.86. The van der Waals surface area contributed by atoms with E-state index in [1.54, 1.807) is 0 Å². The van der Waals surface area contributed by atoms with Crippen molar-refractivity contribution in [3.63, 3.8) is 0 Å². The van der Waals surface area contributed by atoms with E-state index in [4.69, 9.17) is 11.6 Å². The average Bonchev–Trinajstić information content (AvgIpc) is 2.67. The van der Waals surface area contributed by atoms with E-state index in [1.807, 2.05) is 0 Å². The molecular formula is C10H9ClFN3O5S. The first-order valence-corrected chi connectivity index (χ1v) is 7.63. The van der Waals surface area contributed by atoms with Crippen LogP contribution in [0.1, 0.15) is 6.42 Å². The van der Waals surface area contributed by atoms with Gasteiger partial charge in [-0.2, -0.15) is 8.42 Å². The molecule has 1 aliphatic heterocycles. The number of rotatable bonds is 4. The molecule has 1 saturated heterocycles. The number of pyridine rings is 1. The van der Waals surface area contributed by atoms with Crippen LogP contribution in [0.2, 0.25) is 5.02 Å². The minimum Gasteiger partial charge on any atom is -0.291 e. The zero-order valence-electron chi connectivity index (χ0n) is 10.4. The largest absolute Gasteiger partial charge is 0.313 e. The molecule has 0 aromatic carbocycles. The standard InChI is InChI=1S/C10H9ClFN3O5S/c11-7-2-8(15(17)18)10(13-3-7)14-4-6(1-9(14)16)5-21(12,19)20/h2-3,6H,1,4-5H2. The van der Waals surface area contributed by atoms with E-state index in [1.165, 1.54) is 0 Å². The Kier molecular flexibility index (Phi) is 4.10. The van der Waals surface area contributed by atoms with Gasteiger partial charge in [0, 0.05) is 31.1 Å². The van der Waals surface area contributed by atoms with Crippen LogP contribution in [0.5, 0.6) is 0 Å². The first kappa shape index (κ1) is 15.6. The smallest absolute Gasteiger partial charge is 0.291 e. The molecule has 1 fully saturated rings. The van der Waals surface area contributed by atoms with Gasteiger partial charge in [-0.15, -0.1) is 3.89 Å². The summed E-state index contributed by atoms with van der Waals surface area (Å²) >= 11 is 5.62. The van der Waals surface area contributed by atoms with Crippen molar-refractivity contribution in [2.24, 2.45) is 5.92 Å². The molecule has 114 valence electrons. The Morgan fingerprint density at radius 2 is 2.24 bits per heavy atom. The lowest BCUT2D eigenvalue weighted by atomic mass is 10.1. The van der Waals surface area contributed by atoms with E-state index >= 15 is 0 Å². The molecule has 0 spiro atoms. The number of halogens is 2. The summed E-state index contributed by atoms with van der Waals surface area (Å²) in [4.78, 5) is 26.8. The van der Waals surface area contributed by atoms with Crippen LogP contribution in [0.25, 0.3) is 0 Å². The van der Waals surface area contributed by atoms with Crippen molar-refractivity contribution in [2.45, 2.75) is 6.42 Å². The Balaban J connectivity index is 2.31. The van der Waals surface area contributed by atoms with Crippen LogP contribution in [0.4, 0.5) is 15.4 Å². The number of amides is 1. The summed E-state index contributed by atoms with van der Waals surface area (Å²) in [5.41, 5.74) is -0.473. The summed E-state index contributed by atoms with van der Waals surface area (Å²) in [5, 5.41) is 11.0. The molecule has 8 nitrogen and oxygen atoms in total. The first-order valence-electron chi connectivity index (χ1n) is 5.70. The van der Waals surface area contributed by atoms with Gasteiger partial charge in [-0.25, -0.2) is 4.98 Å². The molecule has 2 rings (SSSR count). The Morgan fingerprint density at radius 1 is 1.57 bits per heavy atom. The maximum absolute atomic E-state index is 12.7. The van der Waals surface area contributed by atoms with Gasteiger partial charge in [0.05, 0.1) is 15.7 Å². The van der Waals surface area contributed by atoms with Gasteiger partial charge in [0.2, 0.25) is 11.7 Å². The van der Waals surface area contributed by atoms with Crippen LogP contribution in [0, 0.1) is 16.0 Å². The van der Waals surface area contributed by atoms with Crippen molar-refractivity contribution in [3.8, 4) is 0 Å². The molecule has 0 radical (unpaired) electrons. The van der Waals surface area contributed by atoms with Crippen LogP contribution < -0.4 is 4.90 Å². The molecule has 21 heavy (non-hydrogen) atoms. The third-order valence-electron chi connectivity index (χ3n) is 2.91. The van der Waals surface area contributed by atoms with Crippen LogP contribution in [-0.4, -0.2) is 36.5 Å². The summed E-state index contributed by atoms with van der Waals surface area (Å²) in [6.07, 6.45) is 0.918. The lowest BCUT2D eigenvalue weighted by Crippen LogP contribution is -2.27. The Morgan fingerprint density at radius 3 is 2.81 bits per heavy atom. The van der Waals surface area contributed by atoms with E-state index in [0.717, 1.165) is 17.2 Å². The topological polar surface area (TPSA) is 110 Å². The molecule has 1 aliphatic rings. The van der Waals surface area contributed by atoms with E-state index in [2.05, 4.69) is 4.98 Å². The molecule has 0 N–H and O–H groups in total. The van der Waals surface area contributed by atoms with Crippen molar-refractivity contribution in [1.29, 1.82) is 0 Å². The number of anilines is 1. The highest BCUT2D eigenvalue weighted by atomic mass is 35.5. The summed E-state index contributed by atoms with van der Waals surface area (Å²) < 4.78 is 33.9. The van der Waals surface area contributed by atoms with Gasteiger partial charge in [0.1, 0.15) is 0 Å². The first-order chi connectivity index (χ1) is 9.67. The number of nitrogens with zero attached hydrogens (tertiary/aromatic N) is 3. The normalized spacial score (nSPS) is 19.0. The predicted molar refractivity (Wildman–Crippen MR) is 71.3 cm³/mol. The van der Waals surface area contributed by atoms with Crippen molar-refractivity contribution in [2.75, 3.05) is 17.2 Å². The summed E-state index contributed by atoms with van der Waals surface area (Å²) in [7, 11) is -4.72. The molecule has 0 bridgehead atoms. The van der Waals surface area contributed by atoms with Crippen molar-refractivity contribution < 1.29 is 22.0 Å². The lowest BCUT2D eigenvalue weighted by Gasteiger charge is -2.15. The summed E-state index contributed by atoms with van der Waals surface area (Å²) in [6, 6.07) is 1.04. The Hall–Kier alpha value is -1.81. The second-order valence-electron chi connectivity index (χ2n) is 4.53. The molecule has 1 atom stereocenters. The molecule has 1 unspecified atom stereocenters. The molecular weight excluding hydrogens is 329 g/mol. The van der Waals surface area contributed by atoms with Crippen LogP contribution in [-0.2, 0) is 15.0 Å². The summed E-state index contributed by atoms with van der Waals surface area (Å²) in [6.45, 7) is -0.155. The van der Waals surface area contributed by atoms with E-state index in [0.29, 0.717) is 0 Å². The van der Waals surface area contributed by atoms with Crippen molar-refractivity contribution in [1.82, 2.24) is 4.98 Å². The van der Waals surface area contributed by atoms with Crippen LogP contribution in [0.15, 0.2) is 12.3 Å². The Labute approximate surface area is 123 Å². The highest BCUT2D eigenvalue weighted by Gasteiger charge is 2.37. The highest BCUT2D eigenvalue weighted by Crippen LogP contribution is 2.33. The number of hydrogen-bond acceptors (Lipinski definition) is 6. The number of carbonyl (C=O) groups excluding carboxylic acids is 1. The van der Waals surface area contributed by atoms with Gasteiger partial charge in [-0.05, 0) is 0 Å². The van der Waals surface area contributed by atoms with E-state index in [9.17, 15) is 27.2 Å². The van der Waals surface area contributed by atoms with E-state index < -0.39 is 38.4 Å². The van der Waals surface area contributed by atoms with Gasteiger partial charge in [-0.1, -0.05) is 11.6 Å². The number of carbonyl (C=O) groups is 1. The average molecular weight is 338 g/mol. The number of nitro groups is 1. The molecule has 1 amide bonds. The Bertz CT molecular complexity index is 711. The quantitative estimate of drug-likeness (QED) is 0.465. The monoisotopic (exact) mass is 337 g/mol. The van der Waals surface area contributed by atoms with Gasteiger partial charge in [-0.3, -0.25) is 19.8 Å². The lowest BCUT2D eigenvalue weighted by molar-refractivity contribution is -0.384.